The molecule has 0 radical (unpaired) electrons. The molecule has 1 N–H and O–H groups in total. The SMILES string of the molecule is CCC(Nc1ccc(I)cc1)c1ccc(Cl)c(Cl)c1. The van der Waals surface area contributed by atoms with Crippen molar-refractivity contribution in [1.29, 1.82) is 0 Å². The summed E-state index contributed by atoms with van der Waals surface area (Å²) < 4.78 is 1.23. The fourth-order valence-corrected chi connectivity index (χ4v) is 2.56. The van der Waals surface area contributed by atoms with E-state index in [0.29, 0.717) is 10.0 Å². The summed E-state index contributed by atoms with van der Waals surface area (Å²) in [5.41, 5.74) is 2.26. The third-order valence-corrected chi connectivity index (χ3v) is 4.40. The van der Waals surface area contributed by atoms with Crippen LogP contribution in [0.15, 0.2) is 42.5 Å². The van der Waals surface area contributed by atoms with Crippen molar-refractivity contribution in [2.24, 2.45) is 0 Å². The highest BCUT2D eigenvalue weighted by molar-refractivity contribution is 14.1. The highest BCUT2D eigenvalue weighted by Crippen LogP contribution is 2.29. The van der Waals surface area contributed by atoms with Gasteiger partial charge in [-0.05, 0) is 71.0 Å². The zero-order chi connectivity index (χ0) is 13.8. The predicted octanol–water partition coefficient (Wildman–Crippen LogP) is 6.16. The Labute approximate surface area is 137 Å². The third-order valence-electron chi connectivity index (χ3n) is 2.94. The molecule has 0 amide bonds. The number of anilines is 1. The lowest BCUT2D eigenvalue weighted by atomic mass is 10.0. The van der Waals surface area contributed by atoms with Crippen molar-refractivity contribution >= 4 is 51.5 Å². The summed E-state index contributed by atoms with van der Waals surface area (Å²) >= 11 is 14.3. The minimum absolute atomic E-state index is 0.231. The van der Waals surface area contributed by atoms with Crippen LogP contribution in [-0.2, 0) is 0 Å². The first-order chi connectivity index (χ1) is 9.10. The van der Waals surface area contributed by atoms with Crippen molar-refractivity contribution in [3.8, 4) is 0 Å². The van der Waals surface area contributed by atoms with Crippen molar-refractivity contribution < 1.29 is 0 Å². The second-order valence-electron chi connectivity index (χ2n) is 4.29. The van der Waals surface area contributed by atoms with Crippen LogP contribution in [0.1, 0.15) is 24.9 Å². The van der Waals surface area contributed by atoms with Crippen molar-refractivity contribution in [1.82, 2.24) is 0 Å². The maximum atomic E-state index is 6.08. The Bertz CT molecular complexity index is 555. The van der Waals surface area contributed by atoms with Crippen molar-refractivity contribution in [2.45, 2.75) is 19.4 Å². The Morgan fingerprint density at radius 2 is 1.74 bits per heavy atom. The van der Waals surface area contributed by atoms with Crippen LogP contribution in [0.25, 0.3) is 0 Å². The van der Waals surface area contributed by atoms with E-state index < -0.39 is 0 Å². The first kappa shape index (κ1) is 14.9. The fourth-order valence-electron chi connectivity index (χ4n) is 1.90. The van der Waals surface area contributed by atoms with Crippen LogP contribution in [-0.4, -0.2) is 0 Å². The third kappa shape index (κ3) is 4.01. The molecule has 0 aliphatic carbocycles. The van der Waals surface area contributed by atoms with Gasteiger partial charge in [-0.25, -0.2) is 0 Å². The van der Waals surface area contributed by atoms with Crippen molar-refractivity contribution in [3.63, 3.8) is 0 Å². The Hall–Kier alpha value is -0.450. The number of halogens is 3. The predicted molar refractivity (Wildman–Crippen MR) is 92.3 cm³/mol. The largest absolute Gasteiger partial charge is 0.378 e. The normalized spacial score (nSPS) is 12.2. The van der Waals surface area contributed by atoms with Gasteiger partial charge in [-0.2, -0.15) is 0 Å². The molecule has 2 aromatic carbocycles. The van der Waals surface area contributed by atoms with E-state index in [0.717, 1.165) is 17.7 Å². The van der Waals surface area contributed by atoms with Gasteiger partial charge in [0.1, 0.15) is 0 Å². The number of hydrogen-bond acceptors (Lipinski definition) is 1. The van der Waals surface area contributed by atoms with E-state index in [1.165, 1.54) is 3.57 Å². The van der Waals surface area contributed by atoms with Gasteiger partial charge in [-0.3, -0.25) is 0 Å². The molecule has 1 unspecified atom stereocenters. The molecule has 2 rings (SSSR count). The van der Waals surface area contributed by atoms with E-state index in [1.54, 1.807) is 0 Å². The molecule has 0 saturated carbocycles. The number of nitrogens with one attached hydrogen (secondary N) is 1. The molecule has 1 atom stereocenters. The number of rotatable bonds is 4. The Balaban J connectivity index is 2.19. The summed E-state index contributed by atoms with van der Waals surface area (Å²) in [6.07, 6.45) is 0.976. The van der Waals surface area contributed by atoms with Gasteiger partial charge in [0.2, 0.25) is 0 Å². The van der Waals surface area contributed by atoms with E-state index in [4.69, 9.17) is 23.2 Å². The summed E-state index contributed by atoms with van der Waals surface area (Å²) in [6.45, 7) is 2.15. The second kappa shape index (κ2) is 6.82. The highest BCUT2D eigenvalue weighted by Gasteiger charge is 2.10. The van der Waals surface area contributed by atoms with Crippen LogP contribution < -0.4 is 5.32 Å². The Morgan fingerprint density at radius 1 is 1.05 bits per heavy atom. The molecule has 19 heavy (non-hydrogen) atoms. The summed E-state index contributed by atoms with van der Waals surface area (Å²) in [5.74, 6) is 0. The smallest absolute Gasteiger partial charge is 0.0595 e. The minimum Gasteiger partial charge on any atom is -0.378 e. The van der Waals surface area contributed by atoms with E-state index in [9.17, 15) is 0 Å². The standard InChI is InChI=1S/C15H14Cl2IN/c1-2-15(10-3-8-13(16)14(17)9-10)19-12-6-4-11(18)5-7-12/h3-9,15,19H,2H2,1H3. The second-order valence-corrected chi connectivity index (χ2v) is 6.35. The van der Waals surface area contributed by atoms with Gasteiger partial charge in [0, 0.05) is 9.26 Å². The van der Waals surface area contributed by atoms with Crippen molar-refractivity contribution in [2.75, 3.05) is 5.32 Å². The van der Waals surface area contributed by atoms with Crippen LogP contribution in [0.3, 0.4) is 0 Å². The van der Waals surface area contributed by atoms with Crippen LogP contribution in [0.5, 0.6) is 0 Å². The Kier molecular flexibility index (Phi) is 5.37. The first-order valence-corrected chi connectivity index (χ1v) is 7.90. The molecule has 100 valence electrons. The fraction of sp³-hybridized carbons (Fsp3) is 0.200. The van der Waals surface area contributed by atoms with Gasteiger partial charge < -0.3 is 5.32 Å². The van der Waals surface area contributed by atoms with Gasteiger partial charge >= 0.3 is 0 Å². The van der Waals surface area contributed by atoms with E-state index in [1.807, 2.05) is 18.2 Å². The molecule has 1 nitrogen and oxygen atoms in total. The number of hydrogen-bond donors (Lipinski definition) is 1. The van der Waals surface area contributed by atoms with Gasteiger partial charge in [0.25, 0.3) is 0 Å². The molecule has 0 aliphatic heterocycles. The summed E-state index contributed by atoms with van der Waals surface area (Å²) in [4.78, 5) is 0. The van der Waals surface area contributed by atoms with Gasteiger partial charge in [-0.1, -0.05) is 36.2 Å². The van der Waals surface area contributed by atoms with Crippen molar-refractivity contribution in [3.05, 3.63) is 61.6 Å². The molecule has 0 saturated heterocycles. The van der Waals surface area contributed by atoms with Gasteiger partial charge in [0.05, 0.1) is 16.1 Å². The van der Waals surface area contributed by atoms with Gasteiger partial charge in [-0.15, -0.1) is 0 Å². The average Bonchev–Trinajstić information content (AvgIpc) is 2.41. The maximum absolute atomic E-state index is 6.08. The molecule has 0 bridgehead atoms. The first-order valence-electron chi connectivity index (χ1n) is 6.07. The van der Waals surface area contributed by atoms with E-state index in [-0.39, 0.29) is 6.04 Å². The molecule has 4 heteroatoms. The zero-order valence-electron chi connectivity index (χ0n) is 10.5. The molecule has 0 spiro atoms. The molecule has 0 heterocycles. The minimum atomic E-state index is 0.231. The quantitative estimate of drug-likeness (QED) is 0.600. The summed E-state index contributed by atoms with van der Waals surface area (Å²) in [6, 6.07) is 14.4. The maximum Gasteiger partial charge on any atom is 0.0595 e. The monoisotopic (exact) mass is 405 g/mol. The Morgan fingerprint density at radius 3 is 2.32 bits per heavy atom. The summed E-state index contributed by atoms with van der Waals surface area (Å²) in [5, 5.41) is 4.71. The molecule has 0 aliphatic rings. The van der Waals surface area contributed by atoms with E-state index in [2.05, 4.69) is 59.1 Å². The van der Waals surface area contributed by atoms with Crippen LogP contribution in [0.4, 0.5) is 5.69 Å². The lowest BCUT2D eigenvalue weighted by molar-refractivity contribution is 0.749. The van der Waals surface area contributed by atoms with E-state index >= 15 is 0 Å². The molecule has 0 aromatic heterocycles. The average molecular weight is 406 g/mol. The molecular weight excluding hydrogens is 392 g/mol. The lowest BCUT2D eigenvalue weighted by Crippen LogP contribution is -2.09. The lowest BCUT2D eigenvalue weighted by Gasteiger charge is -2.19. The molecule has 0 fully saturated rings. The zero-order valence-corrected chi connectivity index (χ0v) is 14.1. The van der Waals surface area contributed by atoms with Crippen LogP contribution >= 0.6 is 45.8 Å². The van der Waals surface area contributed by atoms with Crippen LogP contribution in [0.2, 0.25) is 10.0 Å². The van der Waals surface area contributed by atoms with Gasteiger partial charge in [0.15, 0.2) is 0 Å². The summed E-state index contributed by atoms with van der Waals surface area (Å²) in [7, 11) is 0. The topological polar surface area (TPSA) is 12.0 Å². The van der Waals surface area contributed by atoms with Crippen LogP contribution in [0, 0.1) is 3.57 Å². The number of benzene rings is 2. The highest BCUT2D eigenvalue weighted by atomic mass is 127. The molecular formula is C15H14Cl2IN. The molecule has 2 aromatic rings.